The third kappa shape index (κ3) is 2.54. The molecule has 0 unspecified atom stereocenters. The molecule has 1 aliphatic rings. The summed E-state index contributed by atoms with van der Waals surface area (Å²) < 4.78 is 0. The first-order valence-corrected chi connectivity index (χ1v) is 6.30. The van der Waals surface area contributed by atoms with Crippen LogP contribution < -0.4 is 0 Å². The Kier molecular flexibility index (Phi) is 3.40. The molecule has 0 saturated heterocycles. The van der Waals surface area contributed by atoms with Crippen LogP contribution >= 0.6 is 11.6 Å². The number of allylic oxidation sites excluding steroid dienone is 2. The van der Waals surface area contributed by atoms with Gasteiger partial charge in [-0.2, -0.15) is 0 Å². The number of hydrogen-bond donors (Lipinski definition) is 0. The molecule has 0 radical (unpaired) electrons. The molecule has 0 amide bonds. The second kappa shape index (κ2) is 4.69. The zero-order chi connectivity index (χ0) is 13.3. The molecular formula is C15H15ClO2. The first-order valence-electron chi connectivity index (χ1n) is 5.92. The van der Waals surface area contributed by atoms with Gasteiger partial charge in [0.15, 0.2) is 11.6 Å². The van der Waals surface area contributed by atoms with Crippen LogP contribution in [0.2, 0.25) is 0 Å². The van der Waals surface area contributed by atoms with Gasteiger partial charge in [-0.25, -0.2) is 0 Å². The lowest BCUT2D eigenvalue weighted by Gasteiger charge is -2.29. The molecule has 0 atom stereocenters. The van der Waals surface area contributed by atoms with Gasteiger partial charge in [0, 0.05) is 17.0 Å². The molecule has 0 N–H and O–H groups in total. The zero-order valence-corrected chi connectivity index (χ0v) is 11.3. The second-order valence-electron chi connectivity index (χ2n) is 5.42. The number of benzene rings is 1. The number of carbonyl (C=O) groups excluding carboxylic acids is 2. The molecule has 2 rings (SSSR count). The molecule has 18 heavy (non-hydrogen) atoms. The molecule has 1 aromatic carbocycles. The van der Waals surface area contributed by atoms with Gasteiger partial charge in [-0.05, 0) is 11.8 Å². The van der Waals surface area contributed by atoms with Crippen molar-refractivity contribution in [2.24, 2.45) is 5.41 Å². The van der Waals surface area contributed by atoms with Crippen molar-refractivity contribution in [1.82, 2.24) is 0 Å². The van der Waals surface area contributed by atoms with Crippen molar-refractivity contribution >= 4 is 23.2 Å². The molecule has 3 heteroatoms. The number of ketones is 2. The van der Waals surface area contributed by atoms with Crippen molar-refractivity contribution < 1.29 is 9.59 Å². The van der Waals surface area contributed by atoms with E-state index in [0.717, 1.165) is 0 Å². The Bertz CT molecular complexity index is 527. The summed E-state index contributed by atoms with van der Waals surface area (Å²) >= 11 is 6.14. The maximum Gasteiger partial charge on any atom is 0.197 e. The molecule has 94 valence electrons. The Hall–Kier alpha value is -1.41. The van der Waals surface area contributed by atoms with Crippen LogP contribution in [-0.2, 0) is 4.79 Å². The summed E-state index contributed by atoms with van der Waals surface area (Å²) in [6.07, 6.45) is 0.950. The third-order valence-corrected chi connectivity index (χ3v) is 3.41. The minimum absolute atomic E-state index is 0.148. The van der Waals surface area contributed by atoms with E-state index in [1.807, 2.05) is 19.9 Å². The highest BCUT2D eigenvalue weighted by molar-refractivity contribution is 6.39. The number of carbonyl (C=O) groups is 2. The lowest BCUT2D eigenvalue weighted by Crippen LogP contribution is -2.28. The molecule has 2 nitrogen and oxygen atoms in total. The van der Waals surface area contributed by atoms with Crippen molar-refractivity contribution in [3.05, 3.63) is 46.5 Å². The van der Waals surface area contributed by atoms with Gasteiger partial charge < -0.3 is 0 Å². The van der Waals surface area contributed by atoms with Crippen molar-refractivity contribution in [1.29, 1.82) is 0 Å². The predicted molar refractivity (Wildman–Crippen MR) is 71.7 cm³/mol. The molecular weight excluding hydrogens is 248 g/mol. The summed E-state index contributed by atoms with van der Waals surface area (Å²) in [6, 6.07) is 8.79. The van der Waals surface area contributed by atoms with Crippen LogP contribution in [0.4, 0.5) is 0 Å². The topological polar surface area (TPSA) is 34.1 Å². The van der Waals surface area contributed by atoms with E-state index in [1.165, 1.54) is 0 Å². The van der Waals surface area contributed by atoms with E-state index in [4.69, 9.17) is 11.6 Å². The Balaban J connectivity index is 2.39. The molecule has 0 fully saturated rings. The highest BCUT2D eigenvalue weighted by atomic mass is 35.5. The van der Waals surface area contributed by atoms with E-state index in [0.29, 0.717) is 23.4 Å². The predicted octanol–water partition coefficient (Wildman–Crippen LogP) is 3.75. The van der Waals surface area contributed by atoms with Crippen LogP contribution in [0.5, 0.6) is 0 Å². The summed E-state index contributed by atoms with van der Waals surface area (Å²) in [5.41, 5.74) is 0.523. The van der Waals surface area contributed by atoms with E-state index >= 15 is 0 Å². The Morgan fingerprint density at radius 3 is 2.33 bits per heavy atom. The average Bonchev–Trinajstić information content (AvgIpc) is 2.27. The van der Waals surface area contributed by atoms with Crippen molar-refractivity contribution in [2.45, 2.75) is 26.7 Å². The van der Waals surface area contributed by atoms with E-state index in [2.05, 4.69) is 0 Å². The van der Waals surface area contributed by atoms with Crippen LogP contribution in [0, 0.1) is 5.41 Å². The lowest BCUT2D eigenvalue weighted by atomic mass is 9.76. The van der Waals surface area contributed by atoms with Crippen molar-refractivity contribution in [3.63, 3.8) is 0 Å². The number of hydrogen-bond acceptors (Lipinski definition) is 2. The fourth-order valence-corrected chi connectivity index (χ4v) is 2.78. The van der Waals surface area contributed by atoms with Gasteiger partial charge in [0.25, 0.3) is 0 Å². The molecule has 0 aliphatic heterocycles. The van der Waals surface area contributed by atoms with Crippen LogP contribution in [0.1, 0.15) is 37.0 Å². The van der Waals surface area contributed by atoms with Gasteiger partial charge in [-0.15, -0.1) is 0 Å². The Morgan fingerprint density at radius 1 is 1.17 bits per heavy atom. The normalized spacial score (nSPS) is 18.9. The maximum atomic E-state index is 12.3. The van der Waals surface area contributed by atoms with Crippen LogP contribution in [0.25, 0.3) is 0 Å². The monoisotopic (exact) mass is 262 g/mol. The molecule has 1 aromatic rings. The zero-order valence-electron chi connectivity index (χ0n) is 10.5. The molecule has 0 heterocycles. The standard InChI is InChI=1S/C15H15ClO2/c1-15(2)8-11(16)13(12(17)9-15)14(18)10-6-4-3-5-7-10/h3-7H,8-9H2,1-2H3. The van der Waals surface area contributed by atoms with Crippen molar-refractivity contribution in [2.75, 3.05) is 0 Å². The van der Waals surface area contributed by atoms with Crippen LogP contribution in [0.15, 0.2) is 40.9 Å². The van der Waals surface area contributed by atoms with Gasteiger partial charge in [0.2, 0.25) is 0 Å². The third-order valence-electron chi connectivity index (χ3n) is 3.09. The maximum absolute atomic E-state index is 12.3. The number of halogens is 1. The fourth-order valence-electron chi connectivity index (χ4n) is 2.23. The molecule has 0 saturated carbocycles. The van der Waals surface area contributed by atoms with Crippen LogP contribution in [-0.4, -0.2) is 11.6 Å². The second-order valence-corrected chi connectivity index (χ2v) is 5.87. The van der Waals surface area contributed by atoms with Gasteiger partial charge >= 0.3 is 0 Å². The number of rotatable bonds is 2. The van der Waals surface area contributed by atoms with Gasteiger partial charge in [-0.1, -0.05) is 55.8 Å². The smallest absolute Gasteiger partial charge is 0.197 e. The lowest BCUT2D eigenvalue weighted by molar-refractivity contribution is -0.117. The first kappa shape index (κ1) is 13.0. The van der Waals surface area contributed by atoms with E-state index in [1.54, 1.807) is 24.3 Å². The Labute approximate surface area is 112 Å². The summed E-state index contributed by atoms with van der Waals surface area (Å²) in [5.74, 6) is -0.411. The molecule has 1 aliphatic carbocycles. The minimum atomic E-state index is -0.263. The summed E-state index contributed by atoms with van der Waals surface area (Å²) in [5, 5.41) is 0.394. The Morgan fingerprint density at radius 2 is 1.78 bits per heavy atom. The van der Waals surface area contributed by atoms with Gasteiger partial charge in [-0.3, -0.25) is 9.59 Å². The summed E-state index contributed by atoms with van der Waals surface area (Å²) in [4.78, 5) is 24.3. The van der Waals surface area contributed by atoms with Crippen LogP contribution in [0.3, 0.4) is 0 Å². The van der Waals surface area contributed by atoms with Gasteiger partial charge in [0.1, 0.15) is 0 Å². The summed E-state index contributed by atoms with van der Waals surface area (Å²) in [7, 11) is 0. The van der Waals surface area contributed by atoms with E-state index in [-0.39, 0.29) is 22.6 Å². The number of Topliss-reactive ketones (excluding diaryl/α,β-unsaturated/α-hetero) is 2. The van der Waals surface area contributed by atoms with Gasteiger partial charge in [0.05, 0.1) is 5.57 Å². The van der Waals surface area contributed by atoms with Crippen molar-refractivity contribution in [3.8, 4) is 0 Å². The summed E-state index contributed by atoms with van der Waals surface area (Å²) in [6.45, 7) is 3.97. The minimum Gasteiger partial charge on any atom is -0.294 e. The largest absolute Gasteiger partial charge is 0.294 e. The fraction of sp³-hybridized carbons (Fsp3) is 0.333. The first-order chi connectivity index (χ1) is 8.41. The average molecular weight is 263 g/mol. The quantitative estimate of drug-likeness (QED) is 0.601. The highest BCUT2D eigenvalue weighted by Crippen LogP contribution is 2.39. The molecule has 0 aromatic heterocycles. The molecule has 0 bridgehead atoms. The molecule has 0 spiro atoms. The highest BCUT2D eigenvalue weighted by Gasteiger charge is 2.35. The SMILES string of the molecule is CC1(C)CC(=O)C(C(=O)c2ccccc2)=C(Cl)C1. The van der Waals surface area contributed by atoms with E-state index in [9.17, 15) is 9.59 Å². The van der Waals surface area contributed by atoms with E-state index < -0.39 is 0 Å².